The molecule has 6 nitrogen and oxygen atoms in total. The molecule has 5 rings (SSSR count). The smallest absolute Gasteiger partial charge is 0.258 e. The first-order chi connectivity index (χ1) is 16.8. The van der Waals surface area contributed by atoms with Crippen LogP contribution in [-0.4, -0.2) is 35.7 Å². The molecule has 7 heteroatoms. The molecule has 2 heterocycles. The second-order valence-corrected chi connectivity index (χ2v) is 9.31. The van der Waals surface area contributed by atoms with Crippen LogP contribution < -0.4 is 10.5 Å². The molecular weight excluding hydrogens is 460 g/mol. The highest BCUT2D eigenvalue weighted by Crippen LogP contribution is 2.37. The van der Waals surface area contributed by atoms with Gasteiger partial charge in [0, 0.05) is 54.6 Å². The van der Waals surface area contributed by atoms with Gasteiger partial charge in [0.25, 0.3) is 5.56 Å². The Labute approximate surface area is 208 Å². The minimum atomic E-state index is -0.295. The highest BCUT2D eigenvalue weighted by molar-refractivity contribution is 6.31. The fourth-order valence-corrected chi connectivity index (χ4v) is 4.82. The lowest BCUT2D eigenvalue weighted by molar-refractivity contribution is -0.130. The quantitative estimate of drug-likeness (QED) is 0.409. The third-order valence-electron chi connectivity index (χ3n) is 6.35. The minimum absolute atomic E-state index is 0.178. The summed E-state index contributed by atoms with van der Waals surface area (Å²) in [6, 6.07) is 22.9. The van der Waals surface area contributed by atoms with E-state index in [-0.39, 0.29) is 17.5 Å². The molecule has 0 radical (unpaired) electrons. The van der Waals surface area contributed by atoms with Crippen molar-refractivity contribution in [1.29, 1.82) is 0 Å². The molecule has 1 unspecified atom stereocenters. The predicted octanol–water partition coefficient (Wildman–Crippen LogP) is 5.61. The van der Waals surface area contributed by atoms with Crippen LogP contribution in [0.15, 0.2) is 82.7 Å². The standard InChI is InChI=1S/C28H25ClN4O2/c1-17(34)33-25(18-9-12-21(13-10-18)32(2)3)16-24(31-33)27-26(19-7-5-4-6-8-19)22-15-20(29)11-14-23(22)30-28(27)35/h4-15,25H,16H2,1-3H3,(H,30,35). The summed E-state index contributed by atoms with van der Waals surface area (Å²) in [5, 5.41) is 7.57. The van der Waals surface area contributed by atoms with Crippen LogP contribution in [0, 0.1) is 0 Å². The van der Waals surface area contributed by atoms with E-state index in [0.717, 1.165) is 27.8 Å². The largest absolute Gasteiger partial charge is 0.378 e. The monoisotopic (exact) mass is 484 g/mol. The first kappa shape index (κ1) is 22.9. The molecule has 0 bridgehead atoms. The van der Waals surface area contributed by atoms with Gasteiger partial charge >= 0.3 is 0 Å². The van der Waals surface area contributed by atoms with Gasteiger partial charge in [-0.25, -0.2) is 5.01 Å². The van der Waals surface area contributed by atoms with E-state index in [9.17, 15) is 9.59 Å². The zero-order valence-electron chi connectivity index (χ0n) is 19.7. The number of amides is 1. The second-order valence-electron chi connectivity index (χ2n) is 8.88. The molecule has 3 aromatic carbocycles. The molecule has 1 aliphatic heterocycles. The average Bonchev–Trinajstić information content (AvgIpc) is 3.29. The van der Waals surface area contributed by atoms with Crippen LogP contribution in [0.1, 0.15) is 30.5 Å². The number of hydrazone groups is 1. The number of H-pyrrole nitrogens is 1. The lowest BCUT2D eigenvalue weighted by atomic mass is 9.91. The van der Waals surface area contributed by atoms with Gasteiger partial charge in [0.15, 0.2) is 0 Å². The number of benzene rings is 3. The number of nitrogens with one attached hydrogen (secondary N) is 1. The first-order valence-electron chi connectivity index (χ1n) is 11.4. The molecule has 35 heavy (non-hydrogen) atoms. The van der Waals surface area contributed by atoms with Gasteiger partial charge in [-0.1, -0.05) is 54.1 Å². The van der Waals surface area contributed by atoms with Gasteiger partial charge in [0.05, 0.1) is 17.3 Å². The normalized spacial score (nSPS) is 15.4. The van der Waals surface area contributed by atoms with E-state index in [0.29, 0.717) is 28.2 Å². The van der Waals surface area contributed by atoms with Crippen LogP contribution >= 0.6 is 11.6 Å². The summed E-state index contributed by atoms with van der Waals surface area (Å²) < 4.78 is 0. The Bertz CT molecular complexity index is 1510. The number of pyridine rings is 1. The maximum absolute atomic E-state index is 13.5. The first-order valence-corrected chi connectivity index (χ1v) is 11.8. The fraction of sp³-hybridized carbons (Fsp3) is 0.179. The summed E-state index contributed by atoms with van der Waals surface area (Å²) in [4.78, 5) is 31.1. The zero-order valence-corrected chi connectivity index (χ0v) is 20.5. The topological polar surface area (TPSA) is 68.8 Å². The van der Waals surface area contributed by atoms with Crippen molar-refractivity contribution < 1.29 is 4.79 Å². The van der Waals surface area contributed by atoms with E-state index in [1.807, 2.05) is 85.7 Å². The number of anilines is 1. The predicted molar refractivity (Wildman–Crippen MR) is 142 cm³/mol. The summed E-state index contributed by atoms with van der Waals surface area (Å²) >= 11 is 6.35. The van der Waals surface area contributed by atoms with Crippen LogP contribution in [0.5, 0.6) is 0 Å². The zero-order chi connectivity index (χ0) is 24.7. The van der Waals surface area contributed by atoms with E-state index in [2.05, 4.69) is 10.1 Å². The number of fused-ring (bicyclic) bond motifs is 1. The Morgan fingerprint density at radius 1 is 1.03 bits per heavy atom. The number of hydrogen-bond donors (Lipinski definition) is 1. The molecule has 0 spiro atoms. The summed E-state index contributed by atoms with van der Waals surface area (Å²) in [5.74, 6) is -0.178. The van der Waals surface area contributed by atoms with Crippen LogP contribution in [0.25, 0.3) is 22.0 Å². The average molecular weight is 485 g/mol. The number of carbonyl (C=O) groups is 1. The number of hydrogen-bond acceptors (Lipinski definition) is 4. The summed E-state index contributed by atoms with van der Waals surface area (Å²) in [6.07, 6.45) is 0.426. The lowest BCUT2D eigenvalue weighted by Crippen LogP contribution is -2.24. The Hall–Kier alpha value is -3.90. The molecular formula is C28H25ClN4O2. The van der Waals surface area contributed by atoms with Gasteiger partial charge in [-0.2, -0.15) is 5.10 Å². The maximum atomic E-state index is 13.5. The van der Waals surface area contributed by atoms with Crippen LogP contribution in [0.2, 0.25) is 5.02 Å². The van der Waals surface area contributed by atoms with E-state index in [1.54, 1.807) is 6.07 Å². The molecule has 1 N–H and O–H groups in total. The van der Waals surface area contributed by atoms with E-state index < -0.39 is 0 Å². The van der Waals surface area contributed by atoms with Crippen LogP contribution in [-0.2, 0) is 4.79 Å². The van der Waals surface area contributed by atoms with Gasteiger partial charge in [-0.3, -0.25) is 9.59 Å². The van der Waals surface area contributed by atoms with Crippen molar-refractivity contribution in [3.05, 3.63) is 99.3 Å². The molecule has 0 aliphatic carbocycles. The van der Waals surface area contributed by atoms with Crippen molar-refractivity contribution in [3.63, 3.8) is 0 Å². The molecule has 4 aromatic rings. The molecule has 0 saturated carbocycles. The van der Waals surface area contributed by atoms with Gasteiger partial charge < -0.3 is 9.88 Å². The minimum Gasteiger partial charge on any atom is -0.378 e. The second kappa shape index (κ2) is 9.04. The molecule has 1 amide bonds. The Morgan fingerprint density at radius 2 is 1.74 bits per heavy atom. The Balaban J connectivity index is 1.68. The van der Waals surface area contributed by atoms with Crippen molar-refractivity contribution in [2.75, 3.05) is 19.0 Å². The molecule has 1 aliphatic rings. The van der Waals surface area contributed by atoms with Crippen molar-refractivity contribution in [1.82, 2.24) is 9.99 Å². The van der Waals surface area contributed by atoms with Crippen molar-refractivity contribution in [2.24, 2.45) is 5.10 Å². The summed E-state index contributed by atoms with van der Waals surface area (Å²) in [7, 11) is 3.97. The third kappa shape index (κ3) is 4.21. The SMILES string of the molecule is CC(=O)N1N=C(c2c(-c3ccccc3)c3cc(Cl)ccc3[nH]c2=O)CC1c1ccc(N(C)C)cc1. The van der Waals surface area contributed by atoms with Gasteiger partial charge in [-0.15, -0.1) is 0 Å². The Morgan fingerprint density at radius 3 is 2.40 bits per heavy atom. The van der Waals surface area contributed by atoms with Gasteiger partial charge in [0.1, 0.15) is 0 Å². The number of nitrogens with zero attached hydrogens (tertiary/aromatic N) is 3. The highest BCUT2D eigenvalue weighted by Gasteiger charge is 2.34. The van der Waals surface area contributed by atoms with Crippen molar-refractivity contribution in [2.45, 2.75) is 19.4 Å². The van der Waals surface area contributed by atoms with Gasteiger partial charge in [0.2, 0.25) is 5.91 Å². The molecule has 0 fully saturated rings. The lowest BCUT2D eigenvalue weighted by Gasteiger charge is -2.21. The highest BCUT2D eigenvalue weighted by atomic mass is 35.5. The number of carbonyl (C=O) groups excluding carboxylic acids is 1. The van der Waals surface area contributed by atoms with E-state index in [4.69, 9.17) is 11.6 Å². The van der Waals surface area contributed by atoms with E-state index >= 15 is 0 Å². The van der Waals surface area contributed by atoms with Crippen LogP contribution in [0.3, 0.4) is 0 Å². The number of halogens is 1. The van der Waals surface area contributed by atoms with Crippen molar-refractivity contribution >= 4 is 39.8 Å². The van der Waals surface area contributed by atoms with Crippen molar-refractivity contribution in [3.8, 4) is 11.1 Å². The molecule has 0 saturated heterocycles. The van der Waals surface area contributed by atoms with Crippen LogP contribution in [0.4, 0.5) is 5.69 Å². The Kier molecular flexibility index (Phi) is 5.91. The fourth-order valence-electron chi connectivity index (χ4n) is 4.65. The molecule has 1 aromatic heterocycles. The molecule has 176 valence electrons. The maximum Gasteiger partial charge on any atom is 0.258 e. The summed E-state index contributed by atoms with van der Waals surface area (Å²) in [6.45, 7) is 1.50. The number of aromatic amines is 1. The number of rotatable bonds is 4. The molecule has 1 atom stereocenters. The number of aromatic nitrogens is 1. The van der Waals surface area contributed by atoms with Gasteiger partial charge in [-0.05, 0) is 41.5 Å². The summed E-state index contributed by atoms with van der Waals surface area (Å²) in [5.41, 5.74) is 5.16. The van der Waals surface area contributed by atoms with E-state index in [1.165, 1.54) is 11.9 Å². The third-order valence-corrected chi connectivity index (χ3v) is 6.59.